The third-order valence-electron chi connectivity index (χ3n) is 3.05. The molecule has 19 heavy (non-hydrogen) atoms. The molecule has 1 aliphatic rings. The molecule has 0 unspecified atom stereocenters. The number of nitriles is 1. The Bertz CT molecular complexity index is 543. The van der Waals surface area contributed by atoms with Crippen LogP contribution in [0.5, 0.6) is 0 Å². The van der Waals surface area contributed by atoms with Crippen LogP contribution in [-0.2, 0) is 16.0 Å². The minimum Gasteiger partial charge on any atom is -0.462 e. The third-order valence-corrected chi connectivity index (χ3v) is 3.05. The summed E-state index contributed by atoms with van der Waals surface area (Å²) in [6, 6.07) is 9.95. The Morgan fingerprint density at radius 3 is 3.05 bits per heavy atom. The summed E-state index contributed by atoms with van der Waals surface area (Å²) in [6.07, 6.45) is 3.63. The molecule has 0 aliphatic carbocycles. The van der Waals surface area contributed by atoms with Gasteiger partial charge in [-0.15, -0.1) is 0 Å². The molecular formula is C15H16N2O2. The van der Waals surface area contributed by atoms with Crippen LogP contribution in [0.4, 0.5) is 5.69 Å². The van der Waals surface area contributed by atoms with Crippen molar-refractivity contribution in [1.82, 2.24) is 0 Å². The Morgan fingerprint density at radius 2 is 2.32 bits per heavy atom. The van der Waals surface area contributed by atoms with Crippen LogP contribution in [0, 0.1) is 11.3 Å². The maximum absolute atomic E-state index is 11.6. The lowest BCUT2D eigenvalue weighted by atomic mass is 10.0. The highest BCUT2D eigenvalue weighted by Crippen LogP contribution is 2.27. The van der Waals surface area contributed by atoms with Crippen molar-refractivity contribution in [3.8, 4) is 6.07 Å². The number of aryl methyl sites for hydroxylation is 1. The molecule has 98 valence electrons. The number of nitrogens with zero attached hydrogens (tertiary/aromatic N) is 2. The van der Waals surface area contributed by atoms with Gasteiger partial charge in [0.05, 0.1) is 6.61 Å². The standard InChI is InChI=1S/C15H16N2O2/c1-2-19-15(18)13(10-16)11-17-9-5-7-12-6-3-4-8-14(12)17/h3-4,6,8,11H,2,5,7,9H2,1H3/b13-11+. The molecular weight excluding hydrogens is 240 g/mol. The number of rotatable bonds is 3. The van der Waals surface area contributed by atoms with Gasteiger partial charge in [0.2, 0.25) is 0 Å². The van der Waals surface area contributed by atoms with Gasteiger partial charge in [-0.05, 0) is 31.4 Å². The molecule has 1 aromatic carbocycles. The lowest BCUT2D eigenvalue weighted by Crippen LogP contribution is -2.25. The van der Waals surface area contributed by atoms with Gasteiger partial charge in [-0.3, -0.25) is 0 Å². The highest BCUT2D eigenvalue weighted by Gasteiger charge is 2.17. The first-order chi connectivity index (χ1) is 9.26. The van der Waals surface area contributed by atoms with Crippen LogP contribution in [0.15, 0.2) is 36.0 Å². The lowest BCUT2D eigenvalue weighted by molar-refractivity contribution is -0.138. The molecule has 0 saturated heterocycles. The molecule has 0 radical (unpaired) electrons. The van der Waals surface area contributed by atoms with Crippen LogP contribution >= 0.6 is 0 Å². The zero-order valence-corrected chi connectivity index (χ0v) is 10.9. The van der Waals surface area contributed by atoms with Crippen molar-refractivity contribution in [2.24, 2.45) is 0 Å². The van der Waals surface area contributed by atoms with E-state index in [-0.39, 0.29) is 12.2 Å². The van der Waals surface area contributed by atoms with E-state index in [9.17, 15) is 4.79 Å². The molecule has 0 fully saturated rings. The van der Waals surface area contributed by atoms with E-state index in [1.165, 1.54) is 5.56 Å². The number of anilines is 1. The minimum absolute atomic E-state index is 0.0403. The van der Waals surface area contributed by atoms with Gasteiger partial charge in [-0.25, -0.2) is 4.79 Å². The third kappa shape index (κ3) is 2.94. The second kappa shape index (κ2) is 6.05. The van der Waals surface area contributed by atoms with Crippen molar-refractivity contribution in [2.75, 3.05) is 18.1 Å². The number of fused-ring (bicyclic) bond motifs is 1. The number of benzene rings is 1. The van der Waals surface area contributed by atoms with Crippen LogP contribution in [-0.4, -0.2) is 19.1 Å². The summed E-state index contributed by atoms with van der Waals surface area (Å²) in [5.74, 6) is -0.562. The van der Waals surface area contributed by atoms with Crippen LogP contribution in [0.25, 0.3) is 0 Å². The average Bonchev–Trinajstić information content (AvgIpc) is 2.45. The van der Waals surface area contributed by atoms with Crippen molar-refractivity contribution in [1.29, 1.82) is 5.26 Å². The minimum atomic E-state index is -0.562. The molecule has 4 heteroatoms. The molecule has 0 aromatic heterocycles. The molecule has 0 N–H and O–H groups in total. The van der Waals surface area contributed by atoms with Crippen LogP contribution in [0.3, 0.4) is 0 Å². The quantitative estimate of drug-likeness (QED) is 0.473. The molecule has 0 saturated carbocycles. The monoisotopic (exact) mass is 256 g/mol. The Kier molecular flexibility index (Phi) is 4.19. The lowest BCUT2D eigenvalue weighted by Gasteiger charge is -2.28. The van der Waals surface area contributed by atoms with Crippen LogP contribution in [0.1, 0.15) is 18.9 Å². The molecule has 0 spiro atoms. The predicted octanol–water partition coefficient (Wildman–Crippen LogP) is 2.41. The number of hydrogen-bond donors (Lipinski definition) is 0. The molecule has 1 aliphatic heterocycles. The van der Waals surface area contributed by atoms with E-state index in [4.69, 9.17) is 10.00 Å². The van der Waals surface area contributed by atoms with Crippen molar-refractivity contribution in [3.05, 3.63) is 41.6 Å². The van der Waals surface area contributed by atoms with Crippen molar-refractivity contribution < 1.29 is 9.53 Å². The normalized spacial score (nSPS) is 14.5. The molecule has 0 bridgehead atoms. The van der Waals surface area contributed by atoms with Gasteiger partial charge >= 0.3 is 5.97 Å². The van der Waals surface area contributed by atoms with Gasteiger partial charge in [0, 0.05) is 18.4 Å². The molecule has 1 heterocycles. The van der Waals surface area contributed by atoms with Crippen molar-refractivity contribution in [2.45, 2.75) is 19.8 Å². The van der Waals surface area contributed by atoms with E-state index in [1.807, 2.05) is 29.2 Å². The Balaban J connectivity index is 2.28. The fraction of sp³-hybridized carbons (Fsp3) is 0.333. The highest BCUT2D eigenvalue weighted by atomic mass is 16.5. The van der Waals surface area contributed by atoms with Gasteiger partial charge in [0.1, 0.15) is 6.07 Å². The molecule has 0 amide bonds. The van der Waals surface area contributed by atoms with Crippen LogP contribution in [0.2, 0.25) is 0 Å². The van der Waals surface area contributed by atoms with Gasteiger partial charge in [0.15, 0.2) is 5.57 Å². The molecule has 2 rings (SSSR count). The summed E-state index contributed by atoms with van der Waals surface area (Å²) in [5.41, 5.74) is 2.34. The summed E-state index contributed by atoms with van der Waals surface area (Å²) in [7, 11) is 0. The number of para-hydroxylation sites is 1. The largest absolute Gasteiger partial charge is 0.462 e. The van der Waals surface area contributed by atoms with Gasteiger partial charge in [0.25, 0.3) is 0 Å². The Morgan fingerprint density at radius 1 is 1.53 bits per heavy atom. The Labute approximate surface area is 112 Å². The Hall–Kier alpha value is -2.28. The number of ether oxygens (including phenoxy) is 1. The second-order valence-electron chi connectivity index (χ2n) is 4.30. The zero-order valence-electron chi connectivity index (χ0n) is 10.9. The van der Waals surface area contributed by atoms with E-state index in [1.54, 1.807) is 13.1 Å². The van der Waals surface area contributed by atoms with E-state index in [0.29, 0.717) is 0 Å². The summed E-state index contributed by atoms with van der Waals surface area (Å²) in [5, 5.41) is 9.06. The number of esters is 1. The number of carbonyl (C=O) groups excluding carboxylic acids is 1. The fourth-order valence-electron chi connectivity index (χ4n) is 2.19. The van der Waals surface area contributed by atoms with E-state index in [0.717, 1.165) is 25.1 Å². The van der Waals surface area contributed by atoms with Crippen LogP contribution < -0.4 is 4.90 Å². The van der Waals surface area contributed by atoms with E-state index >= 15 is 0 Å². The predicted molar refractivity (Wildman–Crippen MR) is 72.4 cm³/mol. The first-order valence-electron chi connectivity index (χ1n) is 6.40. The van der Waals surface area contributed by atoms with Gasteiger partial charge < -0.3 is 9.64 Å². The first-order valence-corrected chi connectivity index (χ1v) is 6.40. The average molecular weight is 256 g/mol. The van der Waals surface area contributed by atoms with E-state index < -0.39 is 5.97 Å². The summed E-state index contributed by atoms with van der Waals surface area (Å²) >= 11 is 0. The number of carbonyl (C=O) groups is 1. The number of hydrogen-bond acceptors (Lipinski definition) is 4. The van der Waals surface area contributed by atoms with E-state index in [2.05, 4.69) is 6.07 Å². The molecule has 1 aromatic rings. The fourth-order valence-corrected chi connectivity index (χ4v) is 2.19. The topological polar surface area (TPSA) is 53.3 Å². The maximum Gasteiger partial charge on any atom is 0.350 e. The first kappa shape index (κ1) is 13.2. The summed E-state index contributed by atoms with van der Waals surface area (Å²) < 4.78 is 4.87. The second-order valence-corrected chi connectivity index (χ2v) is 4.30. The summed E-state index contributed by atoms with van der Waals surface area (Å²) in [6.45, 7) is 2.80. The van der Waals surface area contributed by atoms with Gasteiger partial charge in [-0.2, -0.15) is 5.26 Å². The van der Waals surface area contributed by atoms with Crippen molar-refractivity contribution >= 4 is 11.7 Å². The smallest absolute Gasteiger partial charge is 0.350 e. The SMILES string of the molecule is CCOC(=O)/C(C#N)=C/N1CCCc2ccccc21. The maximum atomic E-state index is 11.6. The zero-order chi connectivity index (χ0) is 13.7. The molecule has 4 nitrogen and oxygen atoms in total. The van der Waals surface area contributed by atoms with Crippen molar-refractivity contribution in [3.63, 3.8) is 0 Å². The molecule has 0 atom stereocenters. The highest BCUT2D eigenvalue weighted by molar-refractivity contribution is 5.93. The van der Waals surface area contributed by atoms with Gasteiger partial charge in [-0.1, -0.05) is 18.2 Å². The summed E-state index contributed by atoms with van der Waals surface area (Å²) in [4.78, 5) is 13.6.